The lowest BCUT2D eigenvalue weighted by Gasteiger charge is -2.34. The Kier molecular flexibility index (Phi) is 6.49. The molecule has 0 unspecified atom stereocenters. The van der Waals surface area contributed by atoms with Crippen LogP contribution in [0.5, 0.6) is 0 Å². The number of aliphatic carboxylic acids is 1. The third-order valence-electron chi connectivity index (χ3n) is 3.88. The first-order valence-corrected chi connectivity index (χ1v) is 8.03. The maximum absolute atomic E-state index is 12.6. The summed E-state index contributed by atoms with van der Waals surface area (Å²) in [5.74, 6) is -0.0431. The maximum Gasteiger partial charge on any atom is 0.317 e. The normalized spacial score (nSPS) is 17.2. The molecule has 21 heavy (non-hydrogen) atoms. The third kappa shape index (κ3) is 5.94. The van der Waals surface area contributed by atoms with Crippen LogP contribution < -0.4 is 5.32 Å². The highest BCUT2D eigenvalue weighted by molar-refractivity contribution is 5.77. The second-order valence-electron chi connectivity index (χ2n) is 7.18. The van der Waals surface area contributed by atoms with Gasteiger partial charge in [0.1, 0.15) is 0 Å². The van der Waals surface area contributed by atoms with Gasteiger partial charge in [-0.25, -0.2) is 4.79 Å². The van der Waals surface area contributed by atoms with Crippen LogP contribution in [0.3, 0.4) is 0 Å². The molecular weight excluding hydrogens is 268 g/mol. The molecule has 0 atom stereocenters. The lowest BCUT2D eigenvalue weighted by molar-refractivity contribution is -0.138. The predicted octanol–water partition coefficient (Wildman–Crippen LogP) is 3.10. The highest BCUT2D eigenvalue weighted by atomic mass is 16.4. The number of nitrogens with one attached hydrogen (secondary N) is 1. The van der Waals surface area contributed by atoms with Crippen LogP contribution in [-0.4, -0.2) is 40.6 Å². The summed E-state index contributed by atoms with van der Waals surface area (Å²) in [5.41, 5.74) is -0.547. The van der Waals surface area contributed by atoms with Crippen LogP contribution in [0, 0.1) is 11.8 Å². The minimum Gasteiger partial charge on any atom is -0.481 e. The molecule has 0 spiro atoms. The van der Waals surface area contributed by atoms with Gasteiger partial charge in [0, 0.05) is 13.1 Å². The number of carboxylic acids is 1. The summed E-state index contributed by atoms with van der Waals surface area (Å²) in [7, 11) is 0. The number of carboxylic acid groups (broad SMARTS) is 1. The Balaban J connectivity index is 2.74. The monoisotopic (exact) mass is 298 g/mol. The first-order chi connectivity index (χ1) is 9.74. The van der Waals surface area contributed by atoms with Crippen molar-refractivity contribution in [1.82, 2.24) is 10.2 Å². The molecule has 5 heteroatoms. The van der Waals surface area contributed by atoms with Crippen molar-refractivity contribution < 1.29 is 14.7 Å². The summed E-state index contributed by atoms with van der Waals surface area (Å²) in [6.07, 6.45) is 3.53. The van der Waals surface area contributed by atoms with E-state index in [0.717, 1.165) is 25.7 Å². The minimum atomic E-state index is -0.837. The van der Waals surface area contributed by atoms with Crippen LogP contribution in [0.15, 0.2) is 0 Å². The zero-order valence-corrected chi connectivity index (χ0v) is 13.8. The molecule has 1 fully saturated rings. The SMILES string of the molecule is CC(C)CN(CC(C)C)C(=O)NC1(CC(=O)O)CCCC1. The number of hydrogen-bond donors (Lipinski definition) is 2. The molecule has 0 aromatic heterocycles. The van der Waals surface area contributed by atoms with E-state index in [2.05, 4.69) is 33.0 Å². The molecular formula is C16H30N2O3. The van der Waals surface area contributed by atoms with Gasteiger partial charge in [-0.15, -0.1) is 0 Å². The van der Waals surface area contributed by atoms with Crippen LogP contribution >= 0.6 is 0 Å². The number of rotatable bonds is 7. The summed E-state index contributed by atoms with van der Waals surface area (Å²) < 4.78 is 0. The first kappa shape index (κ1) is 17.8. The third-order valence-corrected chi connectivity index (χ3v) is 3.88. The van der Waals surface area contributed by atoms with E-state index >= 15 is 0 Å². The summed E-state index contributed by atoms with van der Waals surface area (Å²) in [5, 5.41) is 12.2. The molecule has 122 valence electrons. The van der Waals surface area contributed by atoms with E-state index in [4.69, 9.17) is 5.11 Å². The Morgan fingerprint density at radius 1 is 1.10 bits per heavy atom. The predicted molar refractivity (Wildman–Crippen MR) is 83.2 cm³/mol. The van der Waals surface area contributed by atoms with E-state index in [1.165, 1.54) is 0 Å². The van der Waals surface area contributed by atoms with Crippen molar-refractivity contribution in [2.75, 3.05) is 13.1 Å². The molecule has 2 N–H and O–H groups in total. The maximum atomic E-state index is 12.6. The van der Waals surface area contributed by atoms with Gasteiger partial charge in [0.15, 0.2) is 0 Å². The van der Waals surface area contributed by atoms with E-state index in [1.54, 1.807) is 0 Å². The summed E-state index contributed by atoms with van der Waals surface area (Å²) in [4.78, 5) is 25.5. The molecule has 1 saturated carbocycles. The standard InChI is InChI=1S/C16H30N2O3/c1-12(2)10-18(11-13(3)4)15(21)17-16(9-14(19)20)7-5-6-8-16/h12-13H,5-11H2,1-4H3,(H,17,21)(H,19,20). The van der Waals surface area contributed by atoms with Gasteiger partial charge in [0.05, 0.1) is 12.0 Å². The molecule has 0 aromatic carbocycles. The van der Waals surface area contributed by atoms with Crippen molar-refractivity contribution in [3.63, 3.8) is 0 Å². The van der Waals surface area contributed by atoms with Crippen molar-refractivity contribution in [2.45, 2.75) is 65.3 Å². The van der Waals surface area contributed by atoms with Gasteiger partial charge < -0.3 is 15.3 Å². The van der Waals surface area contributed by atoms with Gasteiger partial charge in [0.2, 0.25) is 0 Å². The van der Waals surface area contributed by atoms with Gasteiger partial charge in [-0.3, -0.25) is 4.79 Å². The van der Waals surface area contributed by atoms with Crippen molar-refractivity contribution in [2.24, 2.45) is 11.8 Å². The smallest absolute Gasteiger partial charge is 0.317 e. The fraction of sp³-hybridized carbons (Fsp3) is 0.875. The van der Waals surface area contributed by atoms with E-state index < -0.39 is 11.5 Å². The zero-order chi connectivity index (χ0) is 16.0. The number of amides is 2. The molecule has 0 bridgehead atoms. The first-order valence-electron chi connectivity index (χ1n) is 8.03. The molecule has 1 rings (SSSR count). The molecule has 0 radical (unpaired) electrons. The lowest BCUT2D eigenvalue weighted by Crippen LogP contribution is -2.54. The van der Waals surface area contributed by atoms with E-state index in [9.17, 15) is 9.59 Å². The second-order valence-corrected chi connectivity index (χ2v) is 7.18. The Morgan fingerprint density at radius 3 is 1.95 bits per heavy atom. The van der Waals surface area contributed by atoms with Crippen molar-refractivity contribution in [3.05, 3.63) is 0 Å². The zero-order valence-electron chi connectivity index (χ0n) is 13.8. The number of urea groups is 1. The van der Waals surface area contributed by atoms with Crippen molar-refractivity contribution in [1.29, 1.82) is 0 Å². The highest BCUT2D eigenvalue weighted by Gasteiger charge is 2.38. The Labute approximate surface area is 128 Å². The number of hydrogen-bond acceptors (Lipinski definition) is 2. The summed E-state index contributed by atoms with van der Waals surface area (Å²) in [6.45, 7) is 9.75. The van der Waals surface area contributed by atoms with Gasteiger partial charge in [-0.1, -0.05) is 40.5 Å². The Hall–Kier alpha value is -1.26. The molecule has 0 aromatic rings. The van der Waals surface area contributed by atoms with Gasteiger partial charge in [0.25, 0.3) is 0 Å². The fourth-order valence-electron chi connectivity index (χ4n) is 3.12. The quantitative estimate of drug-likeness (QED) is 0.759. The molecule has 1 aliphatic rings. The number of carbonyl (C=O) groups is 2. The van der Waals surface area contributed by atoms with E-state index in [0.29, 0.717) is 24.9 Å². The largest absolute Gasteiger partial charge is 0.481 e. The second kappa shape index (κ2) is 7.66. The minimum absolute atomic E-state index is 0.0237. The van der Waals surface area contributed by atoms with E-state index in [-0.39, 0.29) is 12.5 Å². The van der Waals surface area contributed by atoms with Crippen LogP contribution in [-0.2, 0) is 4.79 Å². The molecule has 0 saturated heterocycles. The van der Waals surface area contributed by atoms with Gasteiger partial charge in [-0.2, -0.15) is 0 Å². The molecule has 5 nitrogen and oxygen atoms in total. The average Bonchev–Trinajstić information content (AvgIpc) is 2.74. The average molecular weight is 298 g/mol. The van der Waals surface area contributed by atoms with Crippen molar-refractivity contribution in [3.8, 4) is 0 Å². The molecule has 2 amide bonds. The fourth-order valence-corrected chi connectivity index (χ4v) is 3.12. The Morgan fingerprint density at radius 2 is 1.57 bits per heavy atom. The van der Waals surface area contributed by atoms with Crippen LogP contribution in [0.25, 0.3) is 0 Å². The van der Waals surface area contributed by atoms with Crippen LogP contribution in [0.4, 0.5) is 4.79 Å². The molecule has 1 aliphatic carbocycles. The Bertz CT molecular complexity index is 351. The van der Waals surface area contributed by atoms with Crippen LogP contribution in [0.2, 0.25) is 0 Å². The molecule has 0 heterocycles. The van der Waals surface area contributed by atoms with Gasteiger partial charge in [-0.05, 0) is 24.7 Å². The number of carbonyl (C=O) groups excluding carboxylic acids is 1. The van der Waals surface area contributed by atoms with E-state index in [1.807, 2.05) is 4.90 Å². The van der Waals surface area contributed by atoms with Gasteiger partial charge >= 0.3 is 12.0 Å². The lowest BCUT2D eigenvalue weighted by atomic mass is 9.93. The topological polar surface area (TPSA) is 69.6 Å². The summed E-state index contributed by atoms with van der Waals surface area (Å²) in [6, 6.07) is -0.111. The molecule has 0 aliphatic heterocycles. The number of nitrogens with zero attached hydrogens (tertiary/aromatic N) is 1. The van der Waals surface area contributed by atoms with Crippen LogP contribution in [0.1, 0.15) is 59.8 Å². The summed E-state index contributed by atoms with van der Waals surface area (Å²) >= 11 is 0. The highest BCUT2D eigenvalue weighted by Crippen LogP contribution is 2.32. The van der Waals surface area contributed by atoms with Crippen molar-refractivity contribution >= 4 is 12.0 Å².